The maximum Gasteiger partial charge on any atom is 0.319 e. The Morgan fingerprint density at radius 1 is 1.17 bits per heavy atom. The van der Waals surface area contributed by atoms with E-state index in [1.807, 2.05) is 31.2 Å². The number of anilines is 1. The predicted octanol–water partition coefficient (Wildman–Crippen LogP) is 2.92. The number of benzene rings is 2. The van der Waals surface area contributed by atoms with Crippen LogP contribution in [0, 0.1) is 6.92 Å². The Morgan fingerprint density at radius 2 is 1.92 bits per heavy atom. The lowest BCUT2D eigenvalue weighted by molar-refractivity contribution is -0.120. The molecule has 0 radical (unpaired) electrons. The van der Waals surface area contributed by atoms with Gasteiger partial charge in [0.1, 0.15) is 6.54 Å². The van der Waals surface area contributed by atoms with E-state index in [0.717, 1.165) is 11.1 Å². The second-order valence-electron chi connectivity index (χ2n) is 5.02. The van der Waals surface area contributed by atoms with Crippen LogP contribution in [-0.4, -0.2) is 24.7 Å². The number of hydrogen-bond donors (Lipinski definition) is 3. The maximum absolute atomic E-state index is 11.7. The minimum Gasteiger partial charge on any atom is -0.329 e. The summed E-state index contributed by atoms with van der Waals surface area (Å²) in [4.78, 5) is 23.3. The van der Waals surface area contributed by atoms with Gasteiger partial charge in [-0.1, -0.05) is 47.5 Å². The van der Waals surface area contributed by atoms with Crippen molar-refractivity contribution in [3.8, 4) is 0 Å². The maximum atomic E-state index is 11.7. The van der Waals surface area contributed by atoms with Crippen molar-refractivity contribution < 1.29 is 9.59 Å². The average molecular weight is 345 g/mol. The van der Waals surface area contributed by atoms with Crippen molar-refractivity contribution >= 4 is 35.4 Å². The van der Waals surface area contributed by atoms with Gasteiger partial charge < -0.3 is 10.6 Å². The van der Waals surface area contributed by atoms with E-state index >= 15 is 0 Å². The summed E-state index contributed by atoms with van der Waals surface area (Å²) in [6.45, 7) is 1.79. The molecule has 0 heterocycles. The molecule has 7 heteroatoms. The van der Waals surface area contributed by atoms with Crippen LogP contribution in [0.5, 0.6) is 0 Å². The fourth-order valence-corrected chi connectivity index (χ4v) is 1.96. The summed E-state index contributed by atoms with van der Waals surface area (Å²) >= 11 is 5.82. The molecule has 0 saturated heterocycles. The molecule has 0 spiro atoms. The lowest BCUT2D eigenvalue weighted by atomic mass is 10.2. The molecule has 3 N–H and O–H groups in total. The third kappa shape index (κ3) is 6.10. The van der Waals surface area contributed by atoms with Gasteiger partial charge >= 0.3 is 6.03 Å². The van der Waals surface area contributed by atoms with E-state index in [-0.39, 0.29) is 6.54 Å². The number of halogens is 1. The van der Waals surface area contributed by atoms with Gasteiger partial charge in [0.15, 0.2) is 0 Å². The van der Waals surface area contributed by atoms with Crippen LogP contribution in [0.4, 0.5) is 10.5 Å². The highest BCUT2D eigenvalue weighted by Gasteiger charge is 2.05. The van der Waals surface area contributed by atoms with Gasteiger partial charge in [-0.25, -0.2) is 10.2 Å². The first-order chi connectivity index (χ1) is 11.5. The predicted molar refractivity (Wildman–Crippen MR) is 95.4 cm³/mol. The number of carbonyl (C=O) groups is 2. The molecule has 3 amide bonds. The van der Waals surface area contributed by atoms with Crippen molar-refractivity contribution in [2.45, 2.75) is 6.92 Å². The quantitative estimate of drug-likeness (QED) is 0.575. The number of urea groups is 1. The van der Waals surface area contributed by atoms with Crippen LogP contribution < -0.4 is 16.1 Å². The van der Waals surface area contributed by atoms with Crippen molar-refractivity contribution in [1.29, 1.82) is 0 Å². The Morgan fingerprint density at radius 3 is 2.62 bits per heavy atom. The highest BCUT2D eigenvalue weighted by atomic mass is 35.5. The molecular formula is C17H17ClN4O2. The van der Waals surface area contributed by atoms with Gasteiger partial charge in [0.25, 0.3) is 5.91 Å². The monoisotopic (exact) mass is 344 g/mol. The molecule has 2 aromatic carbocycles. The Bertz CT molecular complexity index is 745. The van der Waals surface area contributed by atoms with Gasteiger partial charge in [-0.15, -0.1) is 0 Å². The van der Waals surface area contributed by atoms with Gasteiger partial charge in [-0.3, -0.25) is 4.79 Å². The Labute approximate surface area is 144 Å². The second-order valence-corrected chi connectivity index (χ2v) is 5.46. The molecule has 2 rings (SSSR count). The molecule has 0 saturated carbocycles. The van der Waals surface area contributed by atoms with Crippen molar-refractivity contribution in [1.82, 2.24) is 10.7 Å². The zero-order valence-corrected chi connectivity index (χ0v) is 13.8. The molecular weight excluding hydrogens is 328 g/mol. The van der Waals surface area contributed by atoms with Crippen molar-refractivity contribution in [3.05, 3.63) is 64.7 Å². The molecule has 0 bridgehead atoms. The molecule has 6 nitrogen and oxygen atoms in total. The van der Waals surface area contributed by atoms with Crippen LogP contribution in [-0.2, 0) is 4.79 Å². The van der Waals surface area contributed by atoms with Crippen LogP contribution in [0.25, 0.3) is 0 Å². The number of hydrazone groups is 1. The third-order valence-electron chi connectivity index (χ3n) is 2.97. The van der Waals surface area contributed by atoms with E-state index in [0.29, 0.717) is 10.7 Å². The zero-order valence-electron chi connectivity index (χ0n) is 13.0. The molecule has 0 aliphatic rings. The molecule has 0 aliphatic heterocycles. The highest BCUT2D eigenvalue weighted by Crippen LogP contribution is 2.14. The Balaban J connectivity index is 1.72. The summed E-state index contributed by atoms with van der Waals surface area (Å²) in [5.41, 5.74) is 4.89. The van der Waals surface area contributed by atoms with Gasteiger partial charge in [-0.05, 0) is 30.7 Å². The number of nitrogens with one attached hydrogen (secondary N) is 3. The number of nitrogens with zero attached hydrogens (tertiary/aromatic N) is 1. The summed E-state index contributed by atoms with van der Waals surface area (Å²) in [7, 11) is 0. The van der Waals surface area contributed by atoms with E-state index in [1.54, 1.807) is 24.3 Å². The van der Waals surface area contributed by atoms with Crippen LogP contribution in [0.3, 0.4) is 0 Å². The van der Waals surface area contributed by atoms with Crippen molar-refractivity contribution in [2.75, 3.05) is 11.9 Å². The Kier molecular flexibility index (Phi) is 6.33. The molecule has 2 aromatic rings. The lowest BCUT2D eigenvalue weighted by Gasteiger charge is -2.07. The zero-order chi connectivity index (χ0) is 17.4. The summed E-state index contributed by atoms with van der Waals surface area (Å²) in [6.07, 6.45) is 1.53. The standard InChI is InChI=1S/C17H17ClN4O2/c1-12-5-7-13(8-6-12)10-20-22-16(23)11-19-17(24)21-15-4-2-3-14(18)9-15/h2-10H,11H2,1H3,(H,22,23)(H2,19,21,24). The van der Waals surface area contributed by atoms with E-state index in [4.69, 9.17) is 11.6 Å². The van der Waals surface area contributed by atoms with E-state index in [9.17, 15) is 9.59 Å². The van der Waals surface area contributed by atoms with Crippen LogP contribution in [0.15, 0.2) is 53.6 Å². The normalized spacial score (nSPS) is 10.4. The fraction of sp³-hybridized carbons (Fsp3) is 0.118. The highest BCUT2D eigenvalue weighted by molar-refractivity contribution is 6.30. The smallest absolute Gasteiger partial charge is 0.319 e. The van der Waals surface area contributed by atoms with Gasteiger partial charge in [0, 0.05) is 10.7 Å². The van der Waals surface area contributed by atoms with Gasteiger partial charge in [-0.2, -0.15) is 5.10 Å². The summed E-state index contributed by atoms with van der Waals surface area (Å²) in [5.74, 6) is -0.431. The SMILES string of the molecule is Cc1ccc(C=NNC(=O)CNC(=O)Nc2cccc(Cl)c2)cc1. The van der Waals surface area contributed by atoms with E-state index < -0.39 is 11.9 Å². The molecule has 124 valence electrons. The largest absolute Gasteiger partial charge is 0.329 e. The van der Waals surface area contributed by atoms with Crippen LogP contribution >= 0.6 is 11.6 Å². The minimum atomic E-state index is -0.505. The number of carbonyl (C=O) groups excluding carboxylic acids is 2. The first kappa shape index (κ1) is 17.5. The molecule has 0 unspecified atom stereocenters. The topological polar surface area (TPSA) is 82.6 Å². The van der Waals surface area contributed by atoms with Crippen molar-refractivity contribution in [3.63, 3.8) is 0 Å². The number of amides is 3. The summed E-state index contributed by atoms with van der Waals surface area (Å²) in [5, 5.41) is 9.34. The first-order valence-electron chi connectivity index (χ1n) is 7.22. The van der Waals surface area contributed by atoms with E-state index in [2.05, 4.69) is 21.2 Å². The number of aryl methyl sites for hydroxylation is 1. The average Bonchev–Trinajstić information content (AvgIpc) is 2.55. The fourth-order valence-electron chi connectivity index (χ4n) is 1.77. The van der Waals surface area contributed by atoms with Crippen LogP contribution in [0.2, 0.25) is 5.02 Å². The lowest BCUT2D eigenvalue weighted by Crippen LogP contribution is -2.37. The summed E-state index contributed by atoms with van der Waals surface area (Å²) < 4.78 is 0. The first-order valence-corrected chi connectivity index (χ1v) is 7.60. The van der Waals surface area contributed by atoms with Gasteiger partial charge in [0.05, 0.1) is 6.21 Å². The van der Waals surface area contributed by atoms with Crippen LogP contribution in [0.1, 0.15) is 11.1 Å². The molecule has 0 atom stereocenters. The number of hydrogen-bond acceptors (Lipinski definition) is 3. The third-order valence-corrected chi connectivity index (χ3v) is 3.21. The van der Waals surface area contributed by atoms with E-state index in [1.165, 1.54) is 6.21 Å². The molecule has 24 heavy (non-hydrogen) atoms. The molecule has 0 aromatic heterocycles. The Hall–Kier alpha value is -2.86. The summed E-state index contributed by atoms with van der Waals surface area (Å²) in [6, 6.07) is 13.9. The second kappa shape index (κ2) is 8.69. The molecule has 0 aliphatic carbocycles. The minimum absolute atomic E-state index is 0.197. The number of rotatable bonds is 5. The van der Waals surface area contributed by atoms with Gasteiger partial charge in [0.2, 0.25) is 0 Å². The molecule has 0 fully saturated rings. The van der Waals surface area contributed by atoms with Crippen molar-refractivity contribution in [2.24, 2.45) is 5.10 Å².